The number of aromatic nitrogens is 2. The first-order valence-electron chi connectivity index (χ1n) is 17.7. The van der Waals surface area contributed by atoms with Crippen molar-refractivity contribution in [2.75, 3.05) is 7.11 Å². The van der Waals surface area contributed by atoms with Crippen LogP contribution in [0.2, 0.25) is 0 Å². The van der Waals surface area contributed by atoms with Crippen LogP contribution in [0.15, 0.2) is 84.5 Å². The van der Waals surface area contributed by atoms with Crippen LogP contribution >= 0.6 is 0 Å². The summed E-state index contributed by atoms with van der Waals surface area (Å²) in [4.78, 5) is 21.3. The van der Waals surface area contributed by atoms with Gasteiger partial charge in [0, 0.05) is 49.3 Å². The molecular weight excluding hydrogens is 749 g/mol. The Hall–Kier alpha value is -3.86. The molecule has 1 radical (unpaired) electrons. The molecule has 0 atom stereocenters. The number of aliphatic hydroxyl groups excluding tert-OH is 1. The summed E-state index contributed by atoms with van der Waals surface area (Å²) in [5.41, 5.74) is 4.78. The Kier molecular flexibility index (Phi) is 11.5. The van der Waals surface area contributed by atoms with E-state index in [0.29, 0.717) is 22.7 Å². The van der Waals surface area contributed by atoms with Crippen LogP contribution in [-0.2, 0) is 24.9 Å². The number of para-hydroxylation sites is 2. The van der Waals surface area contributed by atoms with Crippen LogP contribution in [0, 0.1) is 31.7 Å². The van der Waals surface area contributed by atoms with Crippen molar-refractivity contribution in [1.29, 1.82) is 0 Å². The largest absolute Gasteiger partial charge is 0.512 e. The van der Waals surface area contributed by atoms with Crippen LogP contribution in [0.1, 0.15) is 70.0 Å². The Labute approximate surface area is 293 Å². The van der Waals surface area contributed by atoms with Gasteiger partial charge in [-0.15, -0.1) is 17.5 Å². The molecule has 6 heteroatoms. The molecule has 0 aliphatic rings. The van der Waals surface area contributed by atoms with Crippen LogP contribution in [0.3, 0.4) is 0 Å². The second-order valence-corrected chi connectivity index (χ2v) is 11.2. The van der Waals surface area contributed by atoms with Gasteiger partial charge in [-0.1, -0.05) is 87.8 Å². The summed E-state index contributed by atoms with van der Waals surface area (Å²) in [6.07, 6.45) is 4.91. The summed E-state index contributed by atoms with van der Waals surface area (Å²) in [7, 11) is 1.61. The molecular formula is C40H45IrN2O3-. The number of carbonyl (C=O) groups excluding carboxylic acids is 1. The number of aliphatic hydroxyl groups is 1. The number of carbonyl (C=O) groups is 1. The van der Waals surface area contributed by atoms with Crippen LogP contribution in [0.4, 0.5) is 0 Å². The first kappa shape index (κ1) is 30.8. The van der Waals surface area contributed by atoms with Crippen molar-refractivity contribution in [2.24, 2.45) is 11.8 Å². The van der Waals surface area contributed by atoms with Crippen molar-refractivity contribution < 1.29 is 40.2 Å². The molecule has 0 spiro atoms. The number of fused-ring (bicyclic) bond motifs is 2. The van der Waals surface area contributed by atoms with Crippen molar-refractivity contribution in [3.05, 3.63) is 102 Å². The number of hydrogen-bond acceptors (Lipinski definition) is 5. The zero-order chi connectivity index (χ0) is 36.0. The molecule has 46 heavy (non-hydrogen) atoms. The topological polar surface area (TPSA) is 72.3 Å². The van der Waals surface area contributed by atoms with Gasteiger partial charge in [0.25, 0.3) is 0 Å². The van der Waals surface area contributed by atoms with Gasteiger partial charge in [-0.25, -0.2) is 0 Å². The summed E-state index contributed by atoms with van der Waals surface area (Å²) < 4.78 is 38.7. The third-order valence-corrected chi connectivity index (χ3v) is 8.33. The van der Waals surface area contributed by atoms with Crippen LogP contribution in [-0.4, -0.2) is 28.0 Å². The van der Waals surface area contributed by atoms with Crippen molar-refractivity contribution in [3.8, 4) is 28.3 Å². The van der Waals surface area contributed by atoms with Crippen LogP contribution in [0.5, 0.6) is 5.75 Å². The molecule has 5 nitrogen and oxygen atoms in total. The summed E-state index contributed by atoms with van der Waals surface area (Å²) in [5.74, 6) is 1.21. The monoisotopic (exact) mass is 798 g/mol. The van der Waals surface area contributed by atoms with Gasteiger partial charge < -0.3 is 9.84 Å². The van der Waals surface area contributed by atoms with E-state index in [2.05, 4.69) is 6.07 Å². The fourth-order valence-corrected chi connectivity index (χ4v) is 5.61. The number of nitrogens with zero attached hydrogens (tertiary/aromatic N) is 2. The molecule has 0 unspecified atom stereocenters. The summed E-state index contributed by atoms with van der Waals surface area (Å²) >= 11 is 0. The molecule has 5 rings (SSSR count). The molecule has 1 aromatic heterocycles. The fourth-order valence-electron chi connectivity index (χ4n) is 5.61. The number of aryl methyl sites for hydroxylation is 2. The van der Waals surface area contributed by atoms with E-state index in [-0.39, 0.29) is 78.7 Å². The minimum Gasteiger partial charge on any atom is -0.512 e. The fraction of sp³-hybridized carbons (Fsp3) is 0.325. The molecule has 1 heterocycles. The van der Waals surface area contributed by atoms with E-state index in [1.807, 2.05) is 90.1 Å². The van der Waals surface area contributed by atoms with E-state index < -0.39 is 0 Å². The third-order valence-electron chi connectivity index (χ3n) is 8.33. The van der Waals surface area contributed by atoms with Gasteiger partial charge in [0.1, 0.15) is 0 Å². The van der Waals surface area contributed by atoms with Crippen LogP contribution < -0.4 is 4.74 Å². The maximum atomic E-state index is 11.7. The van der Waals surface area contributed by atoms with Crippen molar-refractivity contribution in [1.82, 2.24) is 9.97 Å². The Morgan fingerprint density at radius 1 is 0.891 bits per heavy atom. The molecule has 5 aromatic rings. The number of ether oxygens (including phenoxy) is 1. The molecule has 243 valence electrons. The van der Waals surface area contributed by atoms with Gasteiger partial charge in [-0.2, -0.15) is 0 Å². The van der Waals surface area contributed by atoms with Gasteiger partial charge in [-0.05, 0) is 68.1 Å². The molecule has 0 bridgehead atoms. The number of hydrogen-bond donors (Lipinski definition) is 1. The van der Waals surface area contributed by atoms with E-state index in [9.17, 15) is 9.90 Å². The summed E-state index contributed by atoms with van der Waals surface area (Å²) in [6, 6.07) is 17.9. The second kappa shape index (κ2) is 17.2. The third kappa shape index (κ3) is 8.29. The van der Waals surface area contributed by atoms with Gasteiger partial charge in [0.05, 0.1) is 40.8 Å². The first-order chi connectivity index (χ1) is 23.4. The zero-order valence-corrected chi connectivity index (χ0v) is 30.1. The Balaban J connectivity index is 0.000000361. The van der Waals surface area contributed by atoms with Crippen molar-refractivity contribution in [2.45, 2.75) is 67.2 Å². The van der Waals surface area contributed by atoms with E-state index in [1.54, 1.807) is 7.11 Å². The maximum absolute atomic E-state index is 11.7. The quantitative estimate of drug-likeness (QED) is 0.0866. The van der Waals surface area contributed by atoms with Gasteiger partial charge in [0.2, 0.25) is 0 Å². The average Bonchev–Trinajstić information content (AvgIpc) is 3.10. The Morgan fingerprint density at radius 2 is 1.46 bits per heavy atom. The van der Waals surface area contributed by atoms with Gasteiger partial charge in [-0.3, -0.25) is 14.8 Å². The van der Waals surface area contributed by atoms with Gasteiger partial charge >= 0.3 is 0 Å². The predicted molar refractivity (Wildman–Crippen MR) is 187 cm³/mol. The normalized spacial score (nSPS) is 12.6. The predicted octanol–water partition coefficient (Wildman–Crippen LogP) is 10.4. The number of methoxy groups -OCH3 is 1. The average molecular weight is 798 g/mol. The molecule has 0 aliphatic heterocycles. The molecule has 0 amide bonds. The second-order valence-electron chi connectivity index (χ2n) is 11.2. The van der Waals surface area contributed by atoms with Crippen molar-refractivity contribution >= 4 is 27.6 Å². The van der Waals surface area contributed by atoms with Crippen molar-refractivity contribution in [3.63, 3.8) is 0 Å². The Morgan fingerprint density at radius 3 is 2.02 bits per heavy atom. The molecule has 1 N–H and O–H groups in total. The first-order valence-corrected chi connectivity index (χ1v) is 15.7. The molecule has 0 aliphatic carbocycles. The summed E-state index contributed by atoms with van der Waals surface area (Å²) in [6.45, 7) is 12.0. The molecule has 0 saturated heterocycles. The van der Waals surface area contributed by atoms with E-state index >= 15 is 0 Å². The number of benzene rings is 4. The number of rotatable bonds is 10. The molecule has 4 aromatic carbocycles. The van der Waals surface area contributed by atoms with Crippen LogP contribution in [0.25, 0.3) is 44.3 Å². The van der Waals surface area contributed by atoms with E-state index in [4.69, 9.17) is 20.2 Å². The smallest absolute Gasteiger partial charge is 0.162 e. The summed E-state index contributed by atoms with van der Waals surface area (Å²) in [5, 5.41) is 11.5. The van der Waals surface area contributed by atoms with E-state index in [1.165, 1.54) is 6.08 Å². The number of allylic oxidation sites excluding steroid dienone is 2. The Bertz CT molecular complexity index is 2000. The van der Waals surface area contributed by atoms with E-state index in [0.717, 1.165) is 53.1 Å². The zero-order valence-electron chi connectivity index (χ0n) is 31.7. The SMILES string of the molecule is CCC(CC)C(=O)/C=C(\O)C(CC)CC.[2H]c1c([2H])c([2H])c2nc(-c3c(C)cccc3C)c(-c3[c-]c4ccccc4c(OC)c3)nc2c1[2H].[Ir]. The maximum Gasteiger partial charge on any atom is 0.162 e. The minimum atomic E-state index is -0.336. The van der Waals surface area contributed by atoms with Gasteiger partial charge in [0.15, 0.2) is 5.78 Å². The number of ketones is 1. The minimum absolute atomic E-state index is 0. The molecule has 0 fully saturated rings. The standard InChI is InChI=1S/C27H21N2O.C13H24O2.Ir/c1-17-9-8-10-18(2)25(17)27-26(28-22-13-6-7-14-23(22)29-27)20-15-19-11-4-5-12-21(19)24(16-20)30-3;1-5-10(6-2)12(14)9-13(15)11(7-3)8-4;/h4-14,16H,1-3H3;9-11,14H,5-8H2,1-4H3;/q-1;;/b;12-9-;/i6D,7D,13D,14D;;. The molecule has 0 saturated carbocycles.